The molecule has 2 aromatic carbocycles. The van der Waals surface area contributed by atoms with Gasteiger partial charge in [-0.05, 0) is 52.5 Å². The molecule has 116 valence electrons. The predicted molar refractivity (Wildman–Crippen MR) is 102 cm³/mol. The average molecular weight is 292 g/mol. The normalized spacial score (nSPS) is 12.3. The van der Waals surface area contributed by atoms with E-state index in [1.807, 2.05) is 0 Å². The van der Waals surface area contributed by atoms with Crippen molar-refractivity contribution in [1.82, 2.24) is 0 Å². The first-order valence-corrected chi connectivity index (χ1v) is 8.50. The Kier molecular flexibility index (Phi) is 5.16. The van der Waals surface area contributed by atoms with Crippen LogP contribution in [0.3, 0.4) is 0 Å². The number of aryl methyl sites for hydroxylation is 5. The van der Waals surface area contributed by atoms with Crippen molar-refractivity contribution in [1.29, 1.82) is 0 Å². The van der Waals surface area contributed by atoms with Gasteiger partial charge in [-0.15, -0.1) is 0 Å². The van der Waals surface area contributed by atoms with Gasteiger partial charge >= 0.3 is 0 Å². The second-order valence-electron chi connectivity index (χ2n) is 7.00. The SMILES string of the molecule is CCC(C)c1cc(C)c(Bc2c(C)cc(C)cc2C)c(C)c1. The third-order valence-electron chi connectivity index (χ3n) is 5.09. The van der Waals surface area contributed by atoms with E-state index in [1.54, 1.807) is 0 Å². The molecule has 0 heterocycles. The lowest BCUT2D eigenvalue weighted by molar-refractivity contribution is 0.732. The summed E-state index contributed by atoms with van der Waals surface area (Å²) in [6.45, 7) is 15.8. The average Bonchev–Trinajstić information content (AvgIpc) is 2.43. The third-order valence-corrected chi connectivity index (χ3v) is 5.09. The maximum Gasteiger partial charge on any atom is 0.193 e. The van der Waals surface area contributed by atoms with E-state index < -0.39 is 0 Å². The smallest absolute Gasteiger partial charge is 0.0728 e. The number of hydrogen-bond donors (Lipinski definition) is 0. The summed E-state index contributed by atoms with van der Waals surface area (Å²) in [5, 5.41) is 0. The Morgan fingerprint density at radius 3 is 1.59 bits per heavy atom. The molecule has 0 spiro atoms. The zero-order valence-corrected chi connectivity index (χ0v) is 15.3. The molecule has 22 heavy (non-hydrogen) atoms. The highest BCUT2D eigenvalue weighted by Crippen LogP contribution is 2.20. The van der Waals surface area contributed by atoms with Gasteiger partial charge in [-0.1, -0.05) is 76.9 Å². The number of benzene rings is 2. The van der Waals surface area contributed by atoms with Crippen LogP contribution in [0, 0.1) is 34.6 Å². The summed E-state index contributed by atoms with van der Waals surface area (Å²) >= 11 is 0. The summed E-state index contributed by atoms with van der Waals surface area (Å²) in [4.78, 5) is 0. The highest BCUT2D eigenvalue weighted by molar-refractivity contribution is 6.69. The van der Waals surface area contributed by atoms with Crippen molar-refractivity contribution in [3.05, 3.63) is 57.6 Å². The van der Waals surface area contributed by atoms with Crippen molar-refractivity contribution in [2.24, 2.45) is 0 Å². The van der Waals surface area contributed by atoms with Crippen molar-refractivity contribution in [2.75, 3.05) is 0 Å². The molecule has 1 atom stereocenters. The Balaban J connectivity index is 2.43. The van der Waals surface area contributed by atoms with Gasteiger partial charge in [-0.2, -0.15) is 0 Å². The quantitative estimate of drug-likeness (QED) is 0.743. The minimum Gasteiger partial charge on any atom is -0.0728 e. The molecule has 2 rings (SSSR count). The lowest BCUT2D eigenvalue weighted by atomic mass is 9.58. The predicted octanol–water partition coefficient (Wildman–Crippen LogP) is 4.13. The van der Waals surface area contributed by atoms with Crippen LogP contribution in [0.25, 0.3) is 0 Å². The molecule has 0 aromatic heterocycles. The van der Waals surface area contributed by atoms with Gasteiger partial charge in [0.25, 0.3) is 0 Å². The number of hydrogen-bond acceptors (Lipinski definition) is 0. The standard InChI is InChI=1S/C21H29B/c1-8-14(3)19-11-17(6)21(18(7)12-19)22-20-15(4)9-13(2)10-16(20)5/h9-12,14,22H,8H2,1-7H3. The van der Waals surface area contributed by atoms with Crippen LogP contribution < -0.4 is 10.9 Å². The molecule has 1 heteroatoms. The highest BCUT2D eigenvalue weighted by Gasteiger charge is 2.13. The van der Waals surface area contributed by atoms with Gasteiger partial charge < -0.3 is 0 Å². The van der Waals surface area contributed by atoms with Crippen LogP contribution >= 0.6 is 0 Å². The van der Waals surface area contributed by atoms with Gasteiger partial charge in [0, 0.05) is 0 Å². The maximum absolute atomic E-state index is 2.40. The van der Waals surface area contributed by atoms with Gasteiger partial charge in [0.2, 0.25) is 0 Å². The highest BCUT2D eigenvalue weighted by atomic mass is 14.1. The van der Waals surface area contributed by atoms with E-state index in [-0.39, 0.29) is 0 Å². The van der Waals surface area contributed by atoms with Crippen LogP contribution in [-0.2, 0) is 0 Å². The van der Waals surface area contributed by atoms with Crippen molar-refractivity contribution in [2.45, 2.75) is 60.8 Å². The van der Waals surface area contributed by atoms with E-state index in [4.69, 9.17) is 0 Å². The monoisotopic (exact) mass is 292 g/mol. The molecule has 0 aliphatic carbocycles. The number of rotatable bonds is 4. The first-order valence-electron chi connectivity index (χ1n) is 8.50. The fourth-order valence-electron chi connectivity index (χ4n) is 3.49. The Bertz CT molecular complexity index is 636. The van der Waals surface area contributed by atoms with Crippen LogP contribution in [0.15, 0.2) is 24.3 Å². The molecule has 0 fully saturated rings. The van der Waals surface area contributed by atoms with E-state index in [0.29, 0.717) is 5.92 Å². The van der Waals surface area contributed by atoms with Gasteiger partial charge in [0.1, 0.15) is 0 Å². The zero-order chi connectivity index (χ0) is 16.4. The summed E-state index contributed by atoms with van der Waals surface area (Å²) < 4.78 is 0. The van der Waals surface area contributed by atoms with Crippen LogP contribution in [0.4, 0.5) is 0 Å². The van der Waals surface area contributed by atoms with Crippen LogP contribution in [-0.4, -0.2) is 7.28 Å². The lowest BCUT2D eigenvalue weighted by Gasteiger charge is -2.18. The van der Waals surface area contributed by atoms with Crippen LogP contribution in [0.1, 0.15) is 59.6 Å². The topological polar surface area (TPSA) is 0 Å². The minimum absolute atomic E-state index is 0.647. The third kappa shape index (κ3) is 3.46. The molecule has 0 bridgehead atoms. The van der Waals surface area contributed by atoms with Crippen molar-refractivity contribution >= 4 is 18.2 Å². The molecule has 2 aromatic rings. The second kappa shape index (κ2) is 6.73. The molecule has 0 nitrogen and oxygen atoms in total. The van der Waals surface area contributed by atoms with Crippen LogP contribution in [0.2, 0.25) is 0 Å². The first-order chi connectivity index (χ1) is 10.3. The first kappa shape index (κ1) is 16.9. The largest absolute Gasteiger partial charge is 0.193 e. The van der Waals surface area contributed by atoms with Gasteiger partial charge in [0.05, 0.1) is 0 Å². The van der Waals surface area contributed by atoms with Gasteiger partial charge in [-0.25, -0.2) is 0 Å². The molecule has 0 saturated heterocycles. The van der Waals surface area contributed by atoms with Crippen molar-refractivity contribution in [3.63, 3.8) is 0 Å². The Labute approximate surface area is 137 Å². The van der Waals surface area contributed by atoms with Gasteiger partial charge in [0.15, 0.2) is 7.28 Å². The molecule has 0 aliphatic heterocycles. The van der Waals surface area contributed by atoms with E-state index >= 15 is 0 Å². The van der Waals surface area contributed by atoms with Crippen molar-refractivity contribution in [3.8, 4) is 0 Å². The molecule has 0 amide bonds. The van der Waals surface area contributed by atoms with E-state index in [0.717, 1.165) is 7.28 Å². The zero-order valence-electron chi connectivity index (χ0n) is 15.3. The molecular weight excluding hydrogens is 263 g/mol. The summed E-state index contributed by atoms with van der Waals surface area (Å²) in [5.41, 5.74) is 11.6. The molecule has 1 unspecified atom stereocenters. The molecule has 0 N–H and O–H groups in total. The van der Waals surface area contributed by atoms with Gasteiger partial charge in [-0.3, -0.25) is 0 Å². The summed E-state index contributed by atoms with van der Waals surface area (Å²) in [6.07, 6.45) is 1.20. The molecule has 0 aliphatic rings. The molecule has 0 radical (unpaired) electrons. The molecule has 0 saturated carbocycles. The summed E-state index contributed by atoms with van der Waals surface area (Å²) in [7, 11) is 1.05. The maximum atomic E-state index is 2.40. The fourth-order valence-corrected chi connectivity index (χ4v) is 3.49. The Morgan fingerprint density at radius 1 is 0.773 bits per heavy atom. The second-order valence-corrected chi connectivity index (χ2v) is 7.00. The summed E-state index contributed by atoms with van der Waals surface area (Å²) in [6, 6.07) is 9.41. The molecular formula is C21H29B. The lowest BCUT2D eigenvalue weighted by Crippen LogP contribution is -2.34. The minimum atomic E-state index is 0.647. The van der Waals surface area contributed by atoms with Crippen LogP contribution in [0.5, 0.6) is 0 Å². The Hall–Kier alpha value is -1.50. The summed E-state index contributed by atoms with van der Waals surface area (Å²) in [5.74, 6) is 0.647. The van der Waals surface area contributed by atoms with E-state index in [2.05, 4.69) is 72.7 Å². The van der Waals surface area contributed by atoms with E-state index in [9.17, 15) is 0 Å². The fraction of sp³-hybridized carbons (Fsp3) is 0.429. The Morgan fingerprint density at radius 2 is 1.18 bits per heavy atom. The van der Waals surface area contributed by atoms with Crippen molar-refractivity contribution < 1.29 is 0 Å². The van der Waals surface area contributed by atoms with E-state index in [1.165, 1.54) is 50.7 Å².